The van der Waals surface area contributed by atoms with E-state index < -0.39 is 59.7 Å². The molecule has 7 unspecified atom stereocenters. The van der Waals surface area contributed by atoms with E-state index in [2.05, 4.69) is 0 Å². The van der Waals surface area contributed by atoms with E-state index >= 15 is 0 Å². The zero-order valence-electron chi connectivity index (χ0n) is 19.8. The van der Waals surface area contributed by atoms with E-state index in [-0.39, 0.29) is 58.4 Å². The second kappa shape index (κ2) is 8.62. The minimum absolute atomic E-state index is 0.0660. The fraction of sp³-hybridized carbons (Fsp3) is 0.462. The van der Waals surface area contributed by atoms with Crippen LogP contribution in [0.15, 0.2) is 24.3 Å². The molecular weight excluding hydrogens is 470 g/mol. The number of phenols is 2. The molecule has 0 aromatic heterocycles. The van der Waals surface area contributed by atoms with Crippen molar-refractivity contribution < 1.29 is 44.6 Å². The third kappa shape index (κ3) is 3.56. The van der Waals surface area contributed by atoms with Crippen molar-refractivity contribution in [1.29, 1.82) is 0 Å². The fourth-order valence-electron chi connectivity index (χ4n) is 5.53. The van der Waals surface area contributed by atoms with Gasteiger partial charge in [-0.05, 0) is 31.0 Å². The van der Waals surface area contributed by atoms with Crippen molar-refractivity contribution in [1.82, 2.24) is 0 Å². The van der Waals surface area contributed by atoms with E-state index in [1.165, 1.54) is 24.3 Å². The maximum absolute atomic E-state index is 13.4. The second-order valence-corrected chi connectivity index (χ2v) is 9.86. The number of aliphatic hydroxyl groups is 3. The maximum atomic E-state index is 13.4. The molecule has 0 amide bonds. The monoisotopic (exact) mass is 499 g/mol. The highest BCUT2D eigenvalue weighted by molar-refractivity contribution is 6.30. The van der Waals surface area contributed by atoms with E-state index in [1.807, 2.05) is 0 Å². The molecule has 0 radical (unpaired) electrons. The first-order valence-electron chi connectivity index (χ1n) is 11.9. The summed E-state index contributed by atoms with van der Waals surface area (Å²) in [5.41, 5.74) is 3.75. The van der Waals surface area contributed by atoms with E-state index in [9.17, 15) is 35.1 Å². The van der Waals surface area contributed by atoms with Crippen LogP contribution in [0, 0.1) is 0 Å². The molecule has 36 heavy (non-hydrogen) atoms. The number of aliphatic hydroxyl groups excluding tert-OH is 2. The lowest BCUT2D eigenvalue weighted by molar-refractivity contribution is -0.252. The number of aromatic hydroxyl groups is 2. The van der Waals surface area contributed by atoms with Crippen molar-refractivity contribution in [2.75, 3.05) is 0 Å². The molecule has 1 aliphatic heterocycles. The van der Waals surface area contributed by atoms with Gasteiger partial charge in [-0.25, -0.2) is 0 Å². The highest BCUT2D eigenvalue weighted by Crippen LogP contribution is 2.52. The van der Waals surface area contributed by atoms with Gasteiger partial charge in [-0.15, -0.1) is 0 Å². The molecule has 5 rings (SSSR count). The zero-order valence-corrected chi connectivity index (χ0v) is 19.8. The van der Waals surface area contributed by atoms with Crippen molar-refractivity contribution in [3.8, 4) is 11.5 Å². The Labute approximate surface area is 206 Å². The summed E-state index contributed by atoms with van der Waals surface area (Å²) in [6.45, 7) is 3.32. The smallest absolute Gasteiger partial charge is 0.198 e. The summed E-state index contributed by atoms with van der Waals surface area (Å²) < 4.78 is 11.9. The summed E-state index contributed by atoms with van der Waals surface area (Å²) in [6, 6.07) is 4.84. The minimum Gasteiger partial charge on any atom is -0.507 e. The number of hydrogen-bond acceptors (Lipinski definition) is 10. The highest BCUT2D eigenvalue weighted by atomic mass is 16.7. The van der Waals surface area contributed by atoms with Crippen LogP contribution < -0.4 is 5.73 Å². The standard InChI is InChI=1S/C26H29NO9/c1-3-26(34)9-16(36-17-8-14(27)21(29)10(2)35-17)12-7-13-19(24(32)20(12)25(26)33)22(30)11-5-4-6-15(28)18(11)23(13)31/h4-7,10,14,16-17,21,25,28-29,32-34H,3,8-9,27H2,1-2H3. The number of ether oxygens (including phenoxy) is 2. The van der Waals surface area contributed by atoms with Crippen LogP contribution in [-0.4, -0.2) is 67.2 Å². The van der Waals surface area contributed by atoms with Gasteiger partial charge in [0, 0.05) is 35.6 Å². The fourth-order valence-corrected chi connectivity index (χ4v) is 5.53. The van der Waals surface area contributed by atoms with Crippen LogP contribution in [-0.2, 0) is 9.47 Å². The molecule has 0 bridgehead atoms. The first kappa shape index (κ1) is 24.8. The third-order valence-electron chi connectivity index (χ3n) is 7.71. The number of fused-ring (bicyclic) bond motifs is 3. The van der Waals surface area contributed by atoms with Gasteiger partial charge in [-0.3, -0.25) is 9.59 Å². The summed E-state index contributed by atoms with van der Waals surface area (Å²) in [7, 11) is 0. The Morgan fingerprint density at radius 1 is 1.14 bits per heavy atom. The van der Waals surface area contributed by atoms with E-state index in [0.717, 1.165) is 0 Å². The molecule has 2 aliphatic carbocycles. The van der Waals surface area contributed by atoms with Crippen molar-refractivity contribution in [2.24, 2.45) is 5.73 Å². The van der Waals surface area contributed by atoms with Crippen LogP contribution in [0.4, 0.5) is 0 Å². The molecule has 1 heterocycles. The Kier molecular flexibility index (Phi) is 5.94. The van der Waals surface area contributed by atoms with Crippen molar-refractivity contribution in [3.05, 3.63) is 57.6 Å². The molecule has 2 aromatic carbocycles. The Balaban J connectivity index is 1.64. The molecule has 10 nitrogen and oxygen atoms in total. The maximum Gasteiger partial charge on any atom is 0.198 e. The summed E-state index contributed by atoms with van der Waals surface area (Å²) >= 11 is 0. The third-order valence-corrected chi connectivity index (χ3v) is 7.71. The summed E-state index contributed by atoms with van der Waals surface area (Å²) in [6.07, 6.45) is -4.71. The van der Waals surface area contributed by atoms with E-state index in [4.69, 9.17) is 15.2 Å². The average Bonchev–Trinajstić information content (AvgIpc) is 2.83. The van der Waals surface area contributed by atoms with Crippen molar-refractivity contribution in [3.63, 3.8) is 0 Å². The van der Waals surface area contributed by atoms with Crippen molar-refractivity contribution >= 4 is 11.6 Å². The number of carbonyl (C=O) groups is 2. The number of hydrogen-bond donors (Lipinski definition) is 6. The Morgan fingerprint density at radius 3 is 2.50 bits per heavy atom. The highest BCUT2D eigenvalue weighted by Gasteiger charge is 2.49. The molecule has 192 valence electrons. The Bertz CT molecular complexity index is 1250. The topological polar surface area (TPSA) is 180 Å². The van der Waals surface area contributed by atoms with Crippen molar-refractivity contribution in [2.45, 2.75) is 75.5 Å². The van der Waals surface area contributed by atoms with Gasteiger partial charge in [-0.1, -0.05) is 19.1 Å². The summed E-state index contributed by atoms with van der Waals surface area (Å²) in [5, 5.41) is 54.0. The normalized spacial score (nSPS) is 33.6. The van der Waals surface area contributed by atoms with Crippen LogP contribution in [0.25, 0.3) is 0 Å². The van der Waals surface area contributed by atoms with Gasteiger partial charge in [0.05, 0.1) is 35.0 Å². The SMILES string of the molecule is CCC1(O)CC(OC2CC(N)C(O)C(C)O2)c2cc3c(c(O)c2C1O)C(=O)c1cccc(O)c1C3=O. The number of benzene rings is 2. The predicted molar refractivity (Wildman–Crippen MR) is 125 cm³/mol. The predicted octanol–water partition coefficient (Wildman–Crippen LogP) is 1.33. The Morgan fingerprint density at radius 2 is 1.83 bits per heavy atom. The minimum atomic E-state index is -1.71. The van der Waals surface area contributed by atoms with Gasteiger partial charge < -0.3 is 40.7 Å². The van der Waals surface area contributed by atoms with Gasteiger partial charge >= 0.3 is 0 Å². The van der Waals surface area contributed by atoms with Crippen LogP contribution in [0.1, 0.15) is 88.3 Å². The van der Waals surface area contributed by atoms with Gasteiger partial charge in [0.15, 0.2) is 17.9 Å². The van der Waals surface area contributed by atoms with Gasteiger partial charge in [-0.2, -0.15) is 0 Å². The van der Waals surface area contributed by atoms with E-state index in [1.54, 1.807) is 13.8 Å². The molecule has 3 aliphatic rings. The lowest BCUT2D eigenvalue weighted by Gasteiger charge is -2.44. The van der Waals surface area contributed by atoms with Crippen LogP contribution in [0.2, 0.25) is 0 Å². The molecule has 0 spiro atoms. The molecule has 7 atom stereocenters. The van der Waals surface area contributed by atoms with Crippen LogP contribution >= 0.6 is 0 Å². The zero-order chi connectivity index (χ0) is 26.1. The van der Waals surface area contributed by atoms with E-state index in [0.29, 0.717) is 0 Å². The lowest BCUT2D eigenvalue weighted by atomic mass is 9.71. The first-order chi connectivity index (χ1) is 17.0. The van der Waals surface area contributed by atoms with Gasteiger partial charge in [0.2, 0.25) is 0 Å². The molecule has 1 fully saturated rings. The summed E-state index contributed by atoms with van der Waals surface area (Å²) in [5.74, 6) is -2.32. The molecule has 1 saturated heterocycles. The molecular formula is C26H29NO9. The van der Waals surface area contributed by atoms with Gasteiger partial charge in [0.25, 0.3) is 0 Å². The molecule has 10 heteroatoms. The second-order valence-electron chi connectivity index (χ2n) is 9.86. The number of phenolic OH excluding ortho intramolecular Hbond substituents is 2. The van der Waals surface area contributed by atoms with Crippen LogP contribution in [0.5, 0.6) is 11.5 Å². The number of carbonyl (C=O) groups excluding carboxylic acids is 2. The molecule has 2 aromatic rings. The lowest BCUT2D eigenvalue weighted by Crippen LogP contribution is -2.52. The number of nitrogens with two attached hydrogens (primary N) is 1. The average molecular weight is 500 g/mol. The molecule has 0 saturated carbocycles. The number of ketones is 2. The molecule has 7 N–H and O–H groups in total. The van der Waals surface area contributed by atoms with Crippen LogP contribution in [0.3, 0.4) is 0 Å². The Hall–Kier alpha value is -2.86. The first-order valence-corrected chi connectivity index (χ1v) is 11.9. The largest absolute Gasteiger partial charge is 0.507 e. The quantitative estimate of drug-likeness (QED) is 0.308. The summed E-state index contributed by atoms with van der Waals surface area (Å²) in [4.78, 5) is 26.6. The van der Waals surface area contributed by atoms with Gasteiger partial charge in [0.1, 0.15) is 17.6 Å². The number of rotatable bonds is 3.